The second kappa shape index (κ2) is 6.00. The predicted octanol–water partition coefficient (Wildman–Crippen LogP) is 1.17. The molecule has 110 valence electrons. The van der Waals surface area contributed by atoms with E-state index >= 15 is 0 Å². The standard InChI is InChI=1S/C12H21NO5S/c1-7(10(15)16)19-9-6-13(5-8(9)14)11(17)18-12(2,3)4/h7-9,14H,5-6H2,1-4H3,(H,15,16)/t7?,8-,9-/m1/s1. The second-order valence-corrected chi connectivity index (χ2v) is 7.19. The quantitative estimate of drug-likeness (QED) is 0.811. The molecule has 1 heterocycles. The first kappa shape index (κ1) is 16.1. The van der Waals surface area contributed by atoms with Gasteiger partial charge < -0.3 is 19.8 Å². The van der Waals surface area contributed by atoms with Crippen molar-refractivity contribution in [2.24, 2.45) is 0 Å². The van der Waals surface area contributed by atoms with Gasteiger partial charge in [0, 0.05) is 6.54 Å². The Morgan fingerprint density at radius 1 is 1.37 bits per heavy atom. The molecule has 0 aromatic carbocycles. The molecule has 1 aliphatic heterocycles. The van der Waals surface area contributed by atoms with E-state index < -0.39 is 29.0 Å². The van der Waals surface area contributed by atoms with Crippen LogP contribution in [-0.4, -0.2) is 62.5 Å². The maximum Gasteiger partial charge on any atom is 0.410 e. The molecule has 0 aliphatic carbocycles. The molecule has 1 amide bonds. The Hall–Kier alpha value is -0.950. The van der Waals surface area contributed by atoms with Gasteiger partial charge in [0.15, 0.2) is 0 Å². The van der Waals surface area contributed by atoms with Gasteiger partial charge in [0.05, 0.1) is 23.1 Å². The summed E-state index contributed by atoms with van der Waals surface area (Å²) in [5, 5.41) is 17.8. The van der Waals surface area contributed by atoms with Gasteiger partial charge in [-0.2, -0.15) is 0 Å². The van der Waals surface area contributed by atoms with Gasteiger partial charge in [-0.05, 0) is 27.7 Å². The van der Waals surface area contributed by atoms with Gasteiger partial charge in [0.2, 0.25) is 0 Å². The van der Waals surface area contributed by atoms with Crippen molar-refractivity contribution in [3.8, 4) is 0 Å². The van der Waals surface area contributed by atoms with Crippen LogP contribution in [0.4, 0.5) is 4.79 Å². The van der Waals surface area contributed by atoms with Crippen molar-refractivity contribution in [1.29, 1.82) is 0 Å². The molecule has 1 fully saturated rings. The van der Waals surface area contributed by atoms with Crippen LogP contribution >= 0.6 is 11.8 Å². The highest BCUT2D eigenvalue weighted by Gasteiger charge is 2.38. The van der Waals surface area contributed by atoms with E-state index in [0.717, 1.165) is 11.8 Å². The van der Waals surface area contributed by atoms with Crippen molar-refractivity contribution in [2.75, 3.05) is 13.1 Å². The van der Waals surface area contributed by atoms with E-state index in [-0.39, 0.29) is 11.8 Å². The zero-order valence-corrected chi connectivity index (χ0v) is 12.4. The summed E-state index contributed by atoms with van der Waals surface area (Å²) < 4.78 is 5.22. The lowest BCUT2D eigenvalue weighted by molar-refractivity contribution is -0.136. The van der Waals surface area contributed by atoms with Gasteiger partial charge in [-0.15, -0.1) is 11.8 Å². The van der Waals surface area contributed by atoms with E-state index in [2.05, 4.69) is 0 Å². The first-order valence-corrected chi connectivity index (χ1v) is 7.08. The van der Waals surface area contributed by atoms with Crippen molar-refractivity contribution in [1.82, 2.24) is 4.90 Å². The lowest BCUT2D eigenvalue weighted by atomic mass is 10.2. The van der Waals surface area contributed by atoms with Crippen LogP contribution in [0.5, 0.6) is 0 Å². The third kappa shape index (κ3) is 4.91. The molecule has 0 saturated carbocycles. The van der Waals surface area contributed by atoms with Crippen molar-refractivity contribution < 1.29 is 24.5 Å². The predicted molar refractivity (Wildman–Crippen MR) is 72.3 cm³/mol. The van der Waals surface area contributed by atoms with Crippen LogP contribution in [-0.2, 0) is 9.53 Å². The summed E-state index contributed by atoms with van der Waals surface area (Å²) in [7, 11) is 0. The highest BCUT2D eigenvalue weighted by atomic mass is 32.2. The molecule has 1 unspecified atom stereocenters. The average Bonchev–Trinajstić information content (AvgIpc) is 2.57. The minimum Gasteiger partial charge on any atom is -0.480 e. The molecule has 1 aliphatic rings. The van der Waals surface area contributed by atoms with Crippen LogP contribution in [0.15, 0.2) is 0 Å². The number of aliphatic hydroxyl groups excluding tert-OH is 1. The van der Waals surface area contributed by atoms with Crippen molar-refractivity contribution in [3.05, 3.63) is 0 Å². The molecule has 7 heteroatoms. The van der Waals surface area contributed by atoms with Gasteiger partial charge in [-0.1, -0.05) is 0 Å². The summed E-state index contributed by atoms with van der Waals surface area (Å²) in [5.74, 6) is -0.923. The smallest absolute Gasteiger partial charge is 0.410 e. The topological polar surface area (TPSA) is 87.1 Å². The number of amides is 1. The first-order valence-electron chi connectivity index (χ1n) is 6.14. The Balaban J connectivity index is 2.55. The number of hydrogen-bond donors (Lipinski definition) is 2. The van der Waals surface area contributed by atoms with E-state index in [4.69, 9.17) is 9.84 Å². The number of carboxylic acids is 1. The molecular formula is C12H21NO5S. The molecule has 19 heavy (non-hydrogen) atoms. The van der Waals surface area contributed by atoms with Crippen molar-refractivity contribution >= 4 is 23.8 Å². The molecular weight excluding hydrogens is 270 g/mol. The van der Waals surface area contributed by atoms with Crippen LogP contribution < -0.4 is 0 Å². The number of β-amino-alcohol motifs (C(OH)–C–C–N with tert-alkyl or cyclic N) is 1. The monoisotopic (exact) mass is 291 g/mol. The number of nitrogens with zero attached hydrogens (tertiary/aromatic N) is 1. The lowest BCUT2D eigenvalue weighted by Crippen LogP contribution is -2.36. The number of ether oxygens (including phenoxy) is 1. The Labute approximate surface area is 117 Å². The largest absolute Gasteiger partial charge is 0.480 e. The van der Waals surface area contributed by atoms with Crippen molar-refractivity contribution in [2.45, 2.75) is 49.9 Å². The van der Waals surface area contributed by atoms with E-state index in [1.807, 2.05) is 0 Å². The maximum atomic E-state index is 11.8. The van der Waals surface area contributed by atoms with Crippen LogP contribution in [0.25, 0.3) is 0 Å². The van der Waals surface area contributed by atoms with Gasteiger partial charge in [0.25, 0.3) is 0 Å². The number of aliphatic carboxylic acids is 1. The van der Waals surface area contributed by atoms with Crippen LogP contribution in [0.1, 0.15) is 27.7 Å². The van der Waals surface area contributed by atoms with E-state index in [9.17, 15) is 14.7 Å². The van der Waals surface area contributed by atoms with Crippen LogP contribution in [0.2, 0.25) is 0 Å². The summed E-state index contributed by atoms with van der Waals surface area (Å²) in [5.41, 5.74) is -0.582. The fraction of sp³-hybridized carbons (Fsp3) is 0.833. The molecule has 3 atom stereocenters. The fourth-order valence-corrected chi connectivity index (χ4v) is 2.86. The summed E-state index contributed by atoms with van der Waals surface area (Å²) in [6.07, 6.45) is -1.20. The van der Waals surface area contributed by atoms with Crippen LogP contribution in [0, 0.1) is 0 Å². The number of rotatable bonds is 3. The zero-order chi connectivity index (χ0) is 14.8. The summed E-state index contributed by atoms with van der Waals surface area (Å²) in [6.45, 7) is 7.37. The molecule has 1 saturated heterocycles. The Morgan fingerprint density at radius 2 is 1.95 bits per heavy atom. The summed E-state index contributed by atoms with van der Waals surface area (Å²) in [6, 6.07) is 0. The molecule has 0 bridgehead atoms. The summed E-state index contributed by atoms with van der Waals surface area (Å²) in [4.78, 5) is 24.0. The molecule has 2 N–H and O–H groups in total. The highest BCUT2D eigenvalue weighted by molar-refractivity contribution is 8.01. The number of carbonyl (C=O) groups is 2. The molecule has 1 rings (SSSR count). The second-order valence-electron chi connectivity index (χ2n) is 5.61. The number of carbonyl (C=O) groups excluding carboxylic acids is 1. The third-order valence-electron chi connectivity index (χ3n) is 2.62. The number of hydrogen-bond acceptors (Lipinski definition) is 5. The van der Waals surface area contributed by atoms with Gasteiger partial charge >= 0.3 is 12.1 Å². The number of carboxylic acid groups (broad SMARTS) is 1. The minimum absolute atomic E-state index is 0.179. The molecule has 0 spiro atoms. The summed E-state index contributed by atoms with van der Waals surface area (Å²) >= 11 is 1.16. The molecule has 0 radical (unpaired) electrons. The zero-order valence-electron chi connectivity index (χ0n) is 11.6. The van der Waals surface area contributed by atoms with Crippen molar-refractivity contribution in [3.63, 3.8) is 0 Å². The Morgan fingerprint density at radius 3 is 2.42 bits per heavy atom. The van der Waals surface area contributed by atoms with E-state index in [0.29, 0.717) is 6.54 Å². The van der Waals surface area contributed by atoms with Gasteiger partial charge in [-0.25, -0.2) is 4.79 Å². The lowest BCUT2D eigenvalue weighted by Gasteiger charge is -2.24. The first-order chi connectivity index (χ1) is 8.60. The van der Waals surface area contributed by atoms with E-state index in [1.165, 1.54) is 4.90 Å². The normalized spacial score (nSPS) is 25.2. The Bertz CT molecular complexity index is 355. The molecule has 0 aromatic heterocycles. The third-order valence-corrected chi connectivity index (χ3v) is 4.04. The van der Waals surface area contributed by atoms with Gasteiger partial charge in [0.1, 0.15) is 5.60 Å². The molecule has 0 aromatic rings. The van der Waals surface area contributed by atoms with E-state index in [1.54, 1.807) is 27.7 Å². The maximum absolute atomic E-state index is 11.8. The number of likely N-dealkylation sites (tertiary alicyclic amines) is 1. The van der Waals surface area contributed by atoms with Crippen LogP contribution in [0.3, 0.4) is 0 Å². The molecule has 6 nitrogen and oxygen atoms in total. The van der Waals surface area contributed by atoms with Gasteiger partial charge in [-0.3, -0.25) is 4.79 Å². The Kier molecular flexibility index (Phi) is 5.09. The fourth-order valence-electron chi connectivity index (χ4n) is 1.69. The highest BCUT2D eigenvalue weighted by Crippen LogP contribution is 2.28. The average molecular weight is 291 g/mol. The minimum atomic E-state index is -0.923. The number of thioether (sulfide) groups is 1. The number of aliphatic hydroxyl groups is 1. The SMILES string of the molecule is CC(S[C@@H]1CN(C(=O)OC(C)(C)C)C[C@H]1O)C(=O)O.